The summed E-state index contributed by atoms with van der Waals surface area (Å²) in [5.41, 5.74) is 8.96. The van der Waals surface area contributed by atoms with Crippen LogP contribution in [0.5, 0.6) is 17.4 Å². The summed E-state index contributed by atoms with van der Waals surface area (Å²) in [5, 5.41) is 17.1. The number of H-pyrrole nitrogens is 1. The highest BCUT2D eigenvalue weighted by atomic mass is 16.5. The van der Waals surface area contributed by atoms with Crippen LogP contribution in [0, 0.1) is 11.3 Å². The molecule has 0 saturated carbocycles. The van der Waals surface area contributed by atoms with Crippen molar-refractivity contribution in [1.29, 1.82) is 5.26 Å². The monoisotopic (exact) mass is 368 g/mol. The molecule has 3 N–H and O–H groups in total. The number of rotatable bonds is 7. The van der Waals surface area contributed by atoms with Gasteiger partial charge in [-0.3, -0.25) is 5.10 Å². The highest BCUT2D eigenvalue weighted by Gasteiger charge is 2.37. The average Bonchev–Trinajstić information content (AvgIpc) is 3.05. The zero-order chi connectivity index (χ0) is 19.4. The van der Waals surface area contributed by atoms with Crippen molar-refractivity contribution < 1.29 is 14.2 Å². The van der Waals surface area contributed by atoms with Crippen LogP contribution in [0.15, 0.2) is 29.7 Å². The number of hydrogen-bond acceptors (Lipinski definition) is 6. The molecule has 1 aromatic carbocycles. The number of ether oxygens (including phenoxy) is 3. The molecule has 2 aromatic rings. The predicted molar refractivity (Wildman–Crippen MR) is 101 cm³/mol. The molecule has 7 nitrogen and oxygen atoms in total. The van der Waals surface area contributed by atoms with E-state index in [1.54, 1.807) is 0 Å². The van der Waals surface area contributed by atoms with E-state index in [0.717, 1.165) is 29.7 Å². The average molecular weight is 368 g/mol. The molecule has 1 aliphatic rings. The first kappa shape index (κ1) is 18.6. The minimum absolute atomic E-state index is 0.0637. The Labute approximate surface area is 158 Å². The molecule has 7 heteroatoms. The Balaban J connectivity index is 2.25. The van der Waals surface area contributed by atoms with Gasteiger partial charge in [0.05, 0.1) is 24.7 Å². The SMILES string of the molecule is CCCc1[nH]nc2c1[C@H](c1cccc(OCC)c1OCC)C(C#N)=C(N)O2. The van der Waals surface area contributed by atoms with Gasteiger partial charge in [-0.15, -0.1) is 5.10 Å². The number of nitrogens with zero attached hydrogens (tertiary/aromatic N) is 2. The minimum Gasteiger partial charge on any atom is -0.490 e. The fourth-order valence-corrected chi connectivity index (χ4v) is 3.39. The van der Waals surface area contributed by atoms with E-state index in [0.29, 0.717) is 36.2 Å². The quantitative estimate of drug-likeness (QED) is 0.776. The maximum Gasteiger partial charge on any atom is 0.244 e. The van der Waals surface area contributed by atoms with Gasteiger partial charge in [-0.2, -0.15) is 5.26 Å². The van der Waals surface area contributed by atoms with Crippen molar-refractivity contribution in [3.63, 3.8) is 0 Å². The topological polar surface area (TPSA) is 106 Å². The molecule has 2 heterocycles. The second-order valence-electron chi connectivity index (χ2n) is 6.14. The summed E-state index contributed by atoms with van der Waals surface area (Å²) in [5.74, 6) is 1.30. The summed E-state index contributed by atoms with van der Waals surface area (Å²) in [4.78, 5) is 0. The molecule has 0 fully saturated rings. The van der Waals surface area contributed by atoms with Crippen LogP contribution in [0.3, 0.4) is 0 Å². The van der Waals surface area contributed by atoms with Gasteiger partial charge in [-0.1, -0.05) is 25.5 Å². The largest absolute Gasteiger partial charge is 0.490 e. The number of nitriles is 1. The van der Waals surface area contributed by atoms with Crippen molar-refractivity contribution in [2.24, 2.45) is 5.73 Å². The van der Waals surface area contributed by atoms with E-state index in [-0.39, 0.29) is 5.88 Å². The lowest BCUT2D eigenvalue weighted by molar-refractivity contribution is 0.284. The molecule has 0 amide bonds. The smallest absolute Gasteiger partial charge is 0.244 e. The number of benzene rings is 1. The highest BCUT2D eigenvalue weighted by molar-refractivity contribution is 5.61. The van der Waals surface area contributed by atoms with Gasteiger partial charge < -0.3 is 19.9 Å². The van der Waals surface area contributed by atoms with Crippen LogP contribution in [-0.4, -0.2) is 23.4 Å². The Kier molecular flexibility index (Phi) is 5.55. The van der Waals surface area contributed by atoms with Gasteiger partial charge >= 0.3 is 0 Å². The third kappa shape index (κ3) is 3.31. The summed E-state index contributed by atoms with van der Waals surface area (Å²) in [7, 11) is 0. The first-order valence-electron chi connectivity index (χ1n) is 9.19. The summed E-state index contributed by atoms with van der Waals surface area (Å²) in [6.45, 7) is 6.91. The zero-order valence-corrected chi connectivity index (χ0v) is 15.8. The number of allylic oxidation sites excluding steroid dienone is 1. The first-order chi connectivity index (χ1) is 13.2. The van der Waals surface area contributed by atoms with E-state index >= 15 is 0 Å². The van der Waals surface area contributed by atoms with Crippen molar-refractivity contribution >= 4 is 0 Å². The third-order valence-corrected chi connectivity index (χ3v) is 4.43. The van der Waals surface area contributed by atoms with Crippen molar-refractivity contribution in [3.8, 4) is 23.4 Å². The van der Waals surface area contributed by atoms with Crippen molar-refractivity contribution in [2.75, 3.05) is 13.2 Å². The number of nitrogens with two attached hydrogens (primary N) is 1. The molecule has 1 aliphatic heterocycles. The standard InChI is InChI=1S/C20H24N4O3/c1-4-8-14-17-16(13(11-21)19(22)27-20(17)24-23-14)12-9-7-10-15(25-5-2)18(12)26-6-3/h7,9-10,16H,4-6,8,22H2,1-3H3,(H,23,24)/t16-/m1/s1. The maximum absolute atomic E-state index is 9.80. The zero-order valence-electron chi connectivity index (χ0n) is 15.8. The molecular weight excluding hydrogens is 344 g/mol. The van der Waals surface area contributed by atoms with Crippen LogP contribution in [0.4, 0.5) is 0 Å². The van der Waals surface area contributed by atoms with E-state index in [2.05, 4.69) is 23.2 Å². The molecule has 0 radical (unpaired) electrons. The lowest BCUT2D eigenvalue weighted by Crippen LogP contribution is -2.22. The van der Waals surface area contributed by atoms with Gasteiger partial charge in [0, 0.05) is 11.3 Å². The maximum atomic E-state index is 9.80. The van der Waals surface area contributed by atoms with Gasteiger partial charge in [-0.25, -0.2) is 0 Å². The molecule has 0 unspecified atom stereocenters. The molecule has 0 saturated heterocycles. The normalized spacial score (nSPS) is 15.7. The van der Waals surface area contributed by atoms with Gasteiger partial charge in [0.25, 0.3) is 0 Å². The van der Waals surface area contributed by atoms with Crippen LogP contribution in [0.25, 0.3) is 0 Å². The second-order valence-corrected chi connectivity index (χ2v) is 6.14. The number of aryl methyl sites for hydroxylation is 1. The number of fused-ring (bicyclic) bond motifs is 1. The second kappa shape index (κ2) is 8.04. The van der Waals surface area contributed by atoms with Crippen LogP contribution < -0.4 is 19.9 Å². The third-order valence-electron chi connectivity index (χ3n) is 4.43. The number of hydrogen-bond donors (Lipinski definition) is 2. The van der Waals surface area contributed by atoms with Crippen LogP contribution in [0.1, 0.15) is 49.9 Å². The van der Waals surface area contributed by atoms with Crippen molar-refractivity contribution in [2.45, 2.75) is 39.5 Å². The van der Waals surface area contributed by atoms with E-state index < -0.39 is 5.92 Å². The van der Waals surface area contributed by atoms with Crippen molar-refractivity contribution in [1.82, 2.24) is 10.2 Å². The fourth-order valence-electron chi connectivity index (χ4n) is 3.39. The summed E-state index contributed by atoms with van der Waals surface area (Å²) >= 11 is 0. The lowest BCUT2D eigenvalue weighted by Gasteiger charge is -2.26. The lowest BCUT2D eigenvalue weighted by atomic mass is 9.83. The number of nitrogens with one attached hydrogen (secondary N) is 1. The van der Waals surface area contributed by atoms with Gasteiger partial charge in [0.2, 0.25) is 11.8 Å². The minimum atomic E-state index is -0.430. The highest BCUT2D eigenvalue weighted by Crippen LogP contribution is 2.48. The summed E-state index contributed by atoms with van der Waals surface area (Å²) < 4.78 is 17.3. The van der Waals surface area contributed by atoms with Gasteiger partial charge in [0.15, 0.2) is 11.5 Å². The fraction of sp³-hybridized carbons (Fsp3) is 0.400. The molecule has 1 atom stereocenters. The van der Waals surface area contributed by atoms with Gasteiger partial charge in [0.1, 0.15) is 11.6 Å². The Morgan fingerprint density at radius 3 is 2.70 bits per heavy atom. The number of para-hydroxylation sites is 1. The summed E-state index contributed by atoms with van der Waals surface area (Å²) in [6.07, 6.45) is 1.72. The predicted octanol–water partition coefficient (Wildman–Crippen LogP) is 3.38. The molecule has 0 spiro atoms. The number of aromatic nitrogens is 2. The molecular formula is C20H24N4O3. The Morgan fingerprint density at radius 2 is 2.04 bits per heavy atom. The Hall–Kier alpha value is -3.14. The number of aromatic amines is 1. The van der Waals surface area contributed by atoms with Crippen molar-refractivity contribution in [3.05, 3.63) is 46.5 Å². The van der Waals surface area contributed by atoms with E-state index in [9.17, 15) is 5.26 Å². The molecule has 3 rings (SSSR count). The van der Waals surface area contributed by atoms with E-state index in [4.69, 9.17) is 19.9 Å². The Morgan fingerprint density at radius 1 is 1.26 bits per heavy atom. The van der Waals surface area contributed by atoms with E-state index in [1.165, 1.54) is 0 Å². The van der Waals surface area contributed by atoms with Gasteiger partial charge in [-0.05, 0) is 26.3 Å². The van der Waals surface area contributed by atoms with E-state index in [1.807, 2.05) is 32.0 Å². The Bertz CT molecular complexity index is 895. The molecule has 27 heavy (non-hydrogen) atoms. The molecule has 1 aromatic heterocycles. The van der Waals surface area contributed by atoms with Crippen LogP contribution in [0.2, 0.25) is 0 Å². The first-order valence-corrected chi connectivity index (χ1v) is 9.19. The molecule has 0 bridgehead atoms. The van der Waals surface area contributed by atoms with Crippen LogP contribution in [-0.2, 0) is 6.42 Å². The summed E-state index contributed by atoms with van der Waals surface area (Å²) in [6, 6.07) is 7.90. The molecule has 0 aliphatic carbocycles. The molecule has 142 valence electrons. The van der Waals surface area contributed by atoms with Crippen LogP contribution >= 0.6 is 0 Å².